The van der Waals surface area contributed by atoms with E-state index in [9.17, 15) is 19.5 Å². The normalized spacial score (nSPS) is 15.2. The van der Waals surface area contributed by atoms with E-state index in [1.807, 2.05) is 54.6 Å². The molecule has 0 aliphatic carbocycles. The van der Waals surface area contributed by atoms with Gasteiger partial charge in [-0.15, -0.1) is 11.8 Å². The van der Waals surface area contributed by atoms with Gasteiger partial charge >= 0.3 is 5.97 Å². The molecule has 0 aromatic heterocycles. The SMILES string of the molecule is CC(C)(C)ONC(=O)CN1C(=O)C(Cc2ccc(Oc3ccccc3)cc2)Sc2ccc(C(=O)O)cc21. The Bertz CT molecular complexity index is 1290. The summed E-state index contributed by atoms with van der Waals surface area (Å²) >= 11 is 1.36. The average Bonchev–Trinajstić information content (AvgIpc) is 2.86. The molecule has 1 heterocycles. The smallest absolute Gasteiger partial charge is 0.335 e. The van der Waals surface area contributed by atoms with Crippen LogP contribution in [0.2, 0.25) is 0 Å². The van der Waals surface area contributed by atoms with Crippen molar-refractivity contribution >= 4 is 35.2 Å². The van der Waals surface area contributed by atoms with Crippen molar-refractivity contribution in [2.24, 2.45) is 0 Å². The summed E-state index contributed by atoms with van der Waals surface area (Å²) in [5, 5.41) is 8.94. The van der Waals surface area contributed by atoms with Gasteiger partial charge in [0.2, 0.25) is 5.91 Å². The lowest BCUT2D eigenvalue weighted by atomic mass is 10.1. The van der Waals surface area contributed by atoms with Crippen LogP contribution in [0, 0.1) is 0 Å². The van der Waals surface area contributed by atoms with Gasteiger partial charge in [0.1, 0.15) is 18.0 Å². The Hall–Kier alpha value is -3.82. The van der Waals surface area contributed by atoms with Crippen LogP contribution in [0.1, 0.15) is 36.7 Å². The van der Waals surface area contributed by atoms with Gasteiger partial charge in [0, 0.05) is 4.90 Å². The second-order valence-corrected chi connectivity index (χ2v) is 10.8. The van der Waals surface area contributed by atoms with E-state index in [0.29, 0.717) is 17.9 Å². The zero-order valence-electron chi connectivity index (χ0n) is 20.8. The summed E-state index contributed by atoms with van der Waals surface area (Å²) in [5.41, 5.74) is 3.13. The molecule has 1 aliphatic heterocycles. The number of carbonyl (C=O) groups excluding carboxylic acids is 2. The zero-order chi connectivity index (χ0) is 26.6. The number of thioether (sulfide) groups is 1. The Balaban J connectivity index is 1.53. The molecular formula is C28H28N2O6S. The molecule has 8 nitrogen and oxygen atoms in total. The highest BCUT2D eigenvalue weighted by atomic mass is 32.2. The number of fused-ring (bicyclic) bond motifs is 1. The van der Waals surface area contributed by atoms with E-state index in [0.717, 1.165) is 16.2 Å². The van der Waals surface area contributed by atoms with E-state index >= 15 is 0 Å². The molecule has 0 radical (unpaired) electrons. The molecule has 0 saturated heterocycles. The number of carboxylic acids is 1. The maximum atomic E-state index is 13.5. The van der Waals surface area contributed by atoms with Gasteiger partial charge in [0.25, 0.3) is 5.91 Å². The summed E-state index contributed by atoms with van der Waals surface area (Å²) in [6, 6.07) is 21.6. The van der Waals surface area contributed by atoms with Gasteiger partial charge in [-0.3, -0.25) is 14.4 Å². The average molecular weight is 521 g/mol. The molecule has 3 aromatic carbocycles. The number of hydrogen-bond donors (Lipinski definition) is 2. The van der Waals surface area contributed by atoms with Gasteiger partial charge in [-0.2, -0.15) is 0 Å². The van der Waals surface area contributed by atoms with Crippen molar-refractivity contribution in [2.75, 3.05) is 11.4 Å². The number of hydroxylamine groups is 1. The third-order valence-electron chi connectivity index (χ3n) is 5.40. The number of benzene rings is 3. The molecule has 37 heavy (non-hydrogen) atoms. The van der Waals surface area contributed by atoms with Gasteiger partial charge in [-0.1, -0.05) is 30.3 Å². The maximum absolute atomic E-state index is 13.5. The van der Waals surface area contributed by atoms with Crippen LogP contribution < -0.4 is 15.1 Å². The Kier molecular flexibility index (Phi) is 7.85. The topological polar surface area (TPSA) is 105 Å². The zero-order valence-corrected chi connectivity index (χ0v) is 21.6. The predicted octanol–water partition coefficient (Wildman–Crippen LogP) is 5.07. The third-order valence-corrected chi connectivity index (χ3v) is 6.66. The lowest BCUT2D eigenvalue weighted by molar-refractivity contribution is -0.144. The lowest BCUT2D eigenvalue weighted by Gasteiger charge is -2.33. The van der Waals surface area contributed by atoms with Crippen LogP contribution >= 0.6 is 11.8 Å². The van der Waals surface area contributed by atoms with E-state index in [-0.39, 0.29) is 18.0 Å². The van der Waals surface area contributed by atoms with Crippen molar-refractivity contribution < 1.29 is 29.1 Å². The van der Waals surface area contributed by atoms with Crippen LogP contribution in [0.5, 0.6) is 11.5 Å². The predicted molar refractivity (Wildman–Crippen MR) is 141 cm³/mol. The molecule has 0 saturated carbocycles. The van der Waals surface area contributed by atoms with Crippen molar-refractivity contribution in [3.05, 3.63) is 83.9 Å². The molecule has 4 rings (SSSR count). The first-order valence-corrected chi connectivity index (χ1v) is 12.6. The fourth-order valence-corrected chi connectivity index (χ4v) is 4.91. The van der Waals surface area contributed by atoms with E-state index in [1.165, 1.54) is 28.8 Å². The first-order valence-electron chi connectivity index (χ1n) is 11.7. The van der Waals surface area contributed by atoms with Crippen molar-refractivity contribution in [1.29, 1.82) is 0 Å². The highest BCUT2D eigenvalue weighted by Gasteiger charge is 2.35. The molecule has 192 valence electrons. The molecule has 2 amide bonds. The van der Waals surface area contributed by atoms with Gasteiger partial charge in [-0.05, 0) is 75.2 Å². The van der Waals surface area contributed by atoms with Crippen LogP contribution in [-0.2, 0) is 20.8 Å². The summed E-state index contributed by atoms with van der Waals surface area (Å²) in [4.78, 5) is 45.1. The molecule has 0 fully saturated rings. The Morgan fingerprint density at radius 1 is 1.00 bits per heavy atom. The Morgan fingerprint density at radius 3 is 2.32 bits per heavy atom. The van der Waals surface area contributed by atoms with Gasteiger partial charge in [0.05, 0.1) is 22.1 Å². The Morgan fingerprint density at radius 2 is 1.68 bits per heavy atom. The van der Waals surface area contributed by atoms with E-state index in [1.54, 1.807) is 26.8 Å². The van der Waals surface area contributed by atoms with Crippen molar-refractivity contribution in [3.63, 3.8) is 0 Å². The number of carboxylic acid groups (broad SMARTS) is 1. The number of carbonyl (C=O) groups is 3. The number of ether oxygens (including phenoxy) is 1. The van der Waals surface area contributed by atoms with Crippen LogP contribution in [0.4, 0.5) is 5.69 Å². The standard InChI is InChI=1S/C28H28N2O6S/c1-28(2,3)36-29-25(31)17-30-22-16-19(27(33)34)11-14-23(22)37-24(26(30)32)15-18-9-12-21(13-10-18)35-20-7-5-4-6-8-20/h4-14,16,24H,15,17H2,1-3H3,(H,29,31)(H,33,34). The number of para-hydroxylation sites is 1. The highest BCUT2D eigenvalue weighted by Crippen LogP contribution is 2.41. The van der Waals surface area contributed by atoms with Crippen molar-refractivity contribution in [1.82, 2.24) is 5.48 Å². The van der Waals surface area contributed by atoms with Crippen LogP contribution in [0.25, 0.3) is 0 Å². The molecule has 1 atom stereocenters. The summed E-state index contributed by atoms with van der Waals surface area (Å²) in [6.45, 7) is 5.07. The summed E-state index contributed by atoms with van der Waals surface area (Å²) < 4.78 is 5.84. The molecule has 1 unspecified atom stereocenters. The summed E-state index contributed by atoms with van der Waals surface area (Å²) in [5.74, 6) is -0.490. The largest absolute Gasteiger partial charge is 0.478 e. The number of amides is 2. The number of nitrogens with zero attached hydrogens (tertiary/aromatic N) is 1. The third kappa shape index (κ3) is 6.90. The first kappa shape index (κ1) is 26.2. The summed E-state index contributed by atoms with van der Waals surface area (Å²) in [6.07, 6.45) is 0.422. The first-order chi connectivity index (χ1) is 17.6. The second kappa shape index (κ2) is 11.1. The van der Waals surface area contributed by atoms with Crippen molar-refractivity contribution in [2.45, 2.75) is 42.9 Å². The van der Waals surface area contributed by atoms with Crippen molar-refractivity contribution in [3.8, 4) is 11.5 Å². The minimum atomic E-state index is -1.11. The fourth-order valence-electron chi connectivity index (χ4n) is 3.67. The van der Waals surface area contributed by atoms with Gasteiger partial charge in [-0.25, -0.2) is 10.3 Å². The monoisotopic (exact) mass is 520 g/mol. The Labute approximate surface area is 219 Å². The number of hydrogen-bond acceptors (Lipinski definition) is 6. The maximum Gasteiger partial charge on any atom is 0.335 e. The quantitative estimate of drug-likeness (QED) is 0.400. The number of aromatic carboxylic acids is 1. The van der Waals surface area contributed by atoms with E-state index in [4.69, 9.17) is 9.57 Å². The van der Waals surface area contributed by atoms with Gasteiger partial charge in [0.15, 0.2) is 0 Å². The van der Waals surface area contributed by atoms with E-state index in [2.05, 4.69) is 5.48 Å². The molecule has 3 aromatic rings. The minimum absolute atomic E-state index is 0.0379. The summed E-state index contributed by atoms with van der Waals surface area (Å²) in [7, 11) is 0. The molecular weight excluding hydrogens is 492 g/mol. The van der Waals surface area contributed by atoms with Gasteiger partial charge < -0.3 is 14.7 Å². The fraction of sp³-hybridized carbons (Fsp3) is 0.250. The molecule has 9 heteroatoms. The van der Waals surface area contributed by atoms with E-state index < -0.39 is 22.7 Å². The number of anilines is 1. The molecule has 2 N–H and O–H groups in total. The number of nitrogens with one attached hydrogen (secondary N) is 1. The molecule has 0 bridgehead atoms. The lowest BCUT2D eigenvalue weighted by Crippen LogP contribution is -2.48. The number of rotatable bonds is 8. The second-order valence-electron chi connectivity index (χ2n) is 9.52. The minimum Gasteiger partial charge on any atom is -0.478 e. The molecule has 0 spiro atoms. The highest BCUT2D eigenvalue weighted by molar-refractivity contribution is 8.01. The van der Waals surface area contributed by atoms with Crippen LogP contribution in [0.15, 0.2) is 77.7 Å². The van der Waals surface area contributed by atoms with Crippen LogP contribution in [-0.4, -0.2) is 40.3 Å². The molecule has 1 aliphatic rings. The van der Waals surface area contributed by atoms with Crippen LogP contribution in [0.3, 0.4) is 0 Å².